The molecule has 2 unspecified atom stereocenters. The highest BCUT2D eigenvalue weighted by Crippen LogP contribution is 2.29. The number of benzene rings is 1. The number of nitrogens with zero attached hydrogens (tertiary/aromatic N) is 6. The first-order valence-corrected chi connectivity index (χ1v) is 17.0. The molecule has 3 aliphatic heterocycles. The van der Waals surface area contributed by atoms with Gasteiger partial charge in [-0.2, -0.15) is 0 Å². The molecule has 12 heteroatoms. The lowest BCUT2D eigenvalue weighted by Crippen LogP contribution is -2.65. The minimum Gasteiger partial charge on any atom is -0.373 e. The molecule has 12 nitrogen and oxygen atoms in total. The lowest BCUT2D eigenvalue weighted by atomic mass is 9.94. The Morgan fingerprint density at radius 1 is 1.02 bits per heavy atom. The van der Waals surface area contributed by atoms with Gasteiger partial charge in [0.1, 0.15) is 5.82 Å². The zero-order chi connectivity index (χ0) is 33.5. The SMILES string of the molecule is CNc1ccc(N2CCC(CN3CCN(C4CN(c5cccc(C(=O)N(C(C)=O)C(C)CCC(=O)NC=O)c5)C4)CC3C)CC2)cn1. The summed E-state index contributed by atoms with van der Waals surface area (Å²) in [5, 5.41) is 5.18. The maximum Gasteiger partial charge on any atom is 0.260 e. The van der Waals surface area contributed by atoms with Gasteiger partial charge in [0.2, 0.25) is 18.2 Å². The van der Waals surface area contributed by atoms with Gasteiger partial charge in [0.05, 0.1) is 11.9 Å². The third-order valence-electron chi connectivity index (χ3n) is 10.1. The van der Waals surface area contributed by atoms with E-state index in [9.17, 15) is 19.2 Å². The van der Waals surface area contributed by atoms with Crippen molar-refractivity contribution in [3.8, 4) is 0 Å². The smallest absolute Gasteiger partial charge is 0.260 e. The van der Waals surface area contributed by atoms with Crippen LogP contribution in [-0.2, 0) is 14.4 Å². The van der Waals surface area contributed by atoms with Crippen LogP contribution in [0.2, 0.25) is 0 Å². The summed E-state index contributed by atoms with van der Waals surface area (Å²) < 4.78 is 0. The maximum absolute atomic E-state index is 13.4. The van der Waals surface area contributed by atoms with E-state index in [4.69, 9.17) is 0 Å². The van der Waals surface area contributed by atoms with Crippen molar-refractivity contribution >= 4 is 41.3 Å². The molecular weight excluding hydrogens is 596 g/mol. The fourth-order valence-electron chi connectivity index (χ4n) is 7.18. The van der Waals surface area contributed by atoms with Gasteiger partial charge in [0.25, 0.3) is 5.91 Å². The molecular formula is C35H50N8O4. The van der Waals surface area contributed by atoms with Crippen molar-refractivity contribution in [1.82, 2.24) is 25.0 Å². The maximum atomic E-state index is 13.4. The average molecular weight is 647 g/mol. The first-order valence-electron chi connectivity index (χ1n) is 17.0. The van der Waals surface area contributed by atoms with Gasteiger partial charge in [-0.3, -0.25) is 39.2 Å². The third kappa shape index (κ3) is 8.47. The van der Waals surface area contributed by atoms with Gasteiger partial charge in [0.15, 0.2) is 0 Å². The Bertz CT molecular complexity index is 1390. The molecule has 2 N–H and O–H groups in total. The van der Waals surface area contributed by atoms with E-state index in [1.54, 1.807) is 13.0 Å². The Kier molecular flexibility index (Phi) is 11.5. The fraction of sp³-hybridized carbons (Fsp3) is 0.571. The summed E-state index contributed by atoms with van der Waals surface area (Å²) in [5.41, 5.74) is 2.63. The molecule has 47 heavy (non-hydrogen) atoms. The molecule has 4 heterocycles. The predicted molar refractivity (Wildman–Crippen MR) is 184 cm³/mol. The minimum atomic E-state index is -0.484. The zero-order valence-corrected chi connectivity index (χ0v) is 28.2. The second-order valence-corrected chi connectivity index (χ2v) is 13.3. The second kappa shape index (κ2) is 15.7. The van der Waals surface area contributed by atoms with E-state index in [1.165, 1.54) is 36.9 Å². The van der Waals surface area contributed by atoms with E-state index in [2.05, 4.69) is 48.2 Å². The number of piperazine rings is 1. The molecule has 0 radical (unpaired) electrons. The van der Waals surface area contributed by atoms with Crippen LogP contribution in [-0.4, -0.2) is 121 Å². The molecule has 254 valence electrons. The Morgan fingerprint density at radius 3 is 2.43 bits per heavy atom. The first-order chi connectivity index (χ1) is 22.7. The molecule has 0 aliphatic carbocycles. The highest BCUT2D eigenvalue weighted by Gasteiger charge is 2.37. The average Bonchev–Trinajstić information content (AvgIpc) is 3.05. The standard InChI is InChI=1S/C35H50N8O4/c1-25(8-11-34(46)38-24-44)43(27(3)45)35(47)29-6-5-7-30(18-29)42-22-32(23-42)41-17-16-40(26(2)20-41)21-28-12-14-39(15-13-28)31-9-10-33(36-4)37-19-31/h5-7,9-10,18-19,24-26,28,32H,8,11-17,20-23H2,1-4H3,(H,36,37)(H,38,44,46). The molecule has 3 saturated heterocycles. The Morgan fingerprint density at radius 2 is 1.79 bits per heavy atom. The van der Waals surface area contributed by atoms with Crippen molar-refractivity contribution in [3.05, 3.63) is 48.2 Å². The summed E-state index contributed by atoms with van der Waals surface area (Å²) in [6.07, 6.45) is 5.05. The number of carbonyl (C=O) groups is 4. The molecule has 1 aromatic carbocycles. The highest BCUT2D eigenvalue weighted by molar-refractivity contribution is 6.05. The molecule has 1 aromatic heterocycles. The number of hydrogen-bond donors (Lipinski definition) is 2. The number of piperidine rings is 1. The molecule has 2 aromatic rings. The van der Waals surface area contributed by atoms with Gasteiger partial charge in [-0.05, 0) is 69.4 Å². The van der Waals surface area contributed by atoms with E-state index in [0.717, 1.165) is 63.2 Å². The van der Waals surface area contributed by atoms with E-state index in [1.807, 2.05) is 37.5 Å². The molecule has 0 saturated carbocycles. The third-order valence-corrected chi connectivity index (χ3v) is 10.1. The summed E-state index contributed by atoms with van der Waals surface area (Å²) in [4.78, 5) is 63.8. The van der Waals surface area contributed by atoms with Crippen LogP contribution in [0.3, 0.4) is 0 Å². The number of anilines is 3. The van der Waals surface area contributed by atoms with Gasteiger partial charge in [-0.1, -0.05) is 6.07 Å². The number of pyridine rings is 1. The molecule has 3 fully saturated rings. The number of aromatic nitrogens is 1. The quantitative estimate of drug-likeness (QED) is 0.333. The summed E-state index contributed by atoms with van der Waals surface area (Å²) in [7, 11) is 1.89. The fourth-order valence-corrected chi connectivity index (χ4v) is 7.18. The van der Waals surface area contributed by atoms with Gasteiger partial charge >= 0.3 is 0 Å². The van der Waals surface area contributed by atoms with Crippen LogP contribution in [0, 0.1) is 5.92 Å². The van der Waals surface area contributed by atoms with E-state index in [0.29, 0.717) is 24.1 Å². The van der Waals surface area contributed by atoms with Crippen molar-refractivity contribution in [1.29, 1.82) is 0 Å². The number of carbonyl (C=O) groups excluding carboxylic acids is 4. The summed E-state index contributed by atoms with van der Waals surface area (Å²) in [5.74, 6) is 0.433. The zero-order valence-electron chi connectivity index (χ0n) is 28.2. The van der Waals surface area contributed by atoms with Gasteiger partial charge in [0, 0.05) is 102 Å². The Balaban J connectivity index is 1.07. The molecule has 3 aliphatic rings. The number of imide groups is 2. The van der Waals surface area contributed by atoms with Crippen molar-refractivity contribution < 1.29 is 19.2 Å². The topological polar surface area (TPSA) is 121 Å². The molecule has 0 bridgehead atoms. The van der Waals surface area contributed by atoms with Crippen LogP contribution >= 0.6 is 0 Å². The van der Waals surface area contributed by atoms with E-state index < -0.39 is 11.9 Å². The molecule has 0 spiro atoms. The van der Waals surface area contributed by atoms with Crippen LogP contribution in [0.15, 0.2) is 42.6 Å². The molecule has 2 atom stereocenters. The van der Waals surface area contributed by atoms with E-state index in [-0.39, 0.29) is 24.7 Å². The number of rotatable bonds is 12. The van der Waals surface area contributed by atoms with Crippen molar-refractivity contribution in [2.45, 2.75) is 64.6 Å². The second-order valence-electron chi connectivity index (χ2n) is 13.3. The highest BCUT2D eigenvalue weighted by atomic mass is 16.2. The van der Waals surface area contributed by atoms with E-state index >= 15 is 0 Å². The predicted octanol–water partition coefficient (Wildman–Crippen LogP) is 2.66. The monoisotopic (exact) mass is 646 g/mol. The summed E-state index contributed by atoms with van der Waals surface area (Å²) in [6.45, 7) is 13.8. The minimum absolute atomic E-state index is 0.0451. The van der Waals surface area contributed by atoms with Crippen molar-refractivity contribution in [2.24, 2.45) is 5.92 Å². The van der Waals surface area contributed by atoms with Crippen LogP contribution in [0.1, 0.15) is 56.8 Å². The van der Waals surface area contributed by atoms with Gasteiger partial charge in [-0.25, -0.2) is 4.98 Å². The van der Waals surface area contributed by atoms with Crippen molar-refractivity contribution in [2.75, 3.05) is 74.5 Å². The lowest BCUT2D eigenvalue weighted by Gasteiger charge is -2.51. The number of hydrogen-bond acceptors (Lipinski definition) is 10. The molecule has 4 amide bonds. The largest absolute Gasteiger partial charge is 0.373 e. The molecule has 5 rings (SSSR count). The number of nitrogens with one attached hydrogen (secondary N) is 2. The van der Waals surface area contributed by atoms with Gasteiger partial charge < -0.3 is 15.1 Å². The van der Waals surface area contributed by atoms with Crippen LogP contribution < -0.4 is 20.4 Å². The summed E-state index contributed by atoms with van der Waals surface area (Å²) in [6, 6.07) is 12.2. The summed E-state index contributed by atoms with van der Waals surface area (Å²) >= 11 is 0. The van der Waals surface area contributed by atoms with Crippen LogP contribution in [0.4, 0.5) is 17.2 Å². The van der Waals surface area contributed by atoms with Gasteiger partial charge in [-0.15, -0.1) is 0 Å². The van der Waals surface area contributed by atoms with Crippen molar-refractivity contribution in [3.63, 3.8) is 0 Å². The van der Waals surface area contributed by atoms with Crippen LogP contribution in [0.25, 0.3) is 0 Å². The Hall–Kier alpha value is -4.03. The first kappa shape index (κ1) is 34.3. The number of amides is 4. The lowest BCUT2D eigenvalue weighted by molar-refractivity contribution is -0.130. The normalized spacial score (nSPS) is 20.3. The van der Waals surface area contributed by atoms with Crippen LogP contribution in [0.5, 0.6) is 0 Å². The Labute approximate surface area is 278 Å².